The van der Waals surface area contributed by atoms with E-state index in [4.69, 9.17) is 8.98 Å². The zero-order valence-electron chi connectivity index (χ0n) is 8.08. The SMILES string of the molecule is C=C(C(=O)O)C(CCC)[SiH2]OSC. The van der Waals surface area contributed by atoms with Gasteiger partial charge in [-0.15, -0.1) is 0 Å². The molecule has 0 aromatic heterocycles. The van der Waals surface area contributed by atoms with Crippen LogP contribution in [0.25, 0.3) is 0 Å². The fourth-order valence-corrected chi connectivity index (χ4v) is 3.18. The first-order valence-corrected chi connectivity index (χ1v) is 6.75. The molecule has 0 aromatic rings. The van der Waals surface area contributed by atoms with Crippen molar-refractivity contribution in [3.05, 3.63) is 12.2 Å². The number of carbonyl (C=O) groups is 1. The Labute approximate surface area is 85.7 Å². The van der Waals surface area contributed by atoms with Gasteiger partial charge in [0.1, 0.15) is 0 Å². The Morgan fingerprint density at radius 3 is 2.77 bits per heavy atom. The fourth-order valence-electron chi connectivity index (χ4n) is 1.03. The summed E-state index contributed by atoms with van der Waals surface area (Å²) in [6.07, 6.45) is 3.69. The second-order valence-corrected chi connectivity index (χ2v) is 5.36. The van der Waals surface area contributed by atoms with Gasteiger partial charge in [-0.3, -0.25) is 0 Å². The lowest BCUT2D eigenvalue weighted by Gasteiger charge is -2.13. The van der Waals surface area contributed by atoms with Crippen molar-refractivity contribution in [1.29, 1.82) is 0 Å². The van der Waals surface area contributed by atoms with Gasteiger partial charge in [0.2, 0.25) is 0 Å². The van der Waals surface area contributed by atoms with Gasteiger partial charge in [-0.25, -0.2) is 4.79 Å². The number of rotatable bonds is 7. The molecule has 0 aromatic carbocycles. The zero-order valence-corrected chi connectivity index (χ0v) is 10.3. The molecule has 0 bridgehead atoms. The van der Waals surface area contributed by atoms with Gasteiger partial charge in [0.05, 0.1) is 0 Å². The highest BCUT2D eigenvalue weighted by Gasteiger charge is 2.18. The summed E-state index contributed by atoms with van der Waals surface area (Å²) in [5.41, 5.74) is 0.387. The first-order valence-electron chi connectivity index (χ1n) is 4.21. The highest BCUT2D eigenvalue weighted by molar-refractivity contribution is 7.94. The molecule has 5 heteroatoms. The maximum Gasteiger partial charge on any atom is 0.331 e. The molecule has 0 heterocycles. The molecule has 0 saturated heterocycles. The van der Waals surface area contributed by atoms with E-state index in [1.54, 1.807) is 0 Å². The van der Waals surface area contributed by atoms with E-state index in [-0.39, 0.29) is 5.54 Å². The Kier molecular flexibility index (Phi) is 7.03. The van der Waals surface area contributed by atoms with Crippen molar-refractivity contribution in [2.24, 2.45) is 0 Å². The Morgan fingerprint density at radius 1 is 1.77 bits per heavy atom. The largest absolute Gasteiger partial charge is 0.478 e. The molecule has 1 N–H and O–H groups in total. The van der Waals surface area contributed by atoms with E-state index in [0.717, 1.165) is 12.8 Å². The maximum absolute atomic E-state index is 10.6. The lowest BCUT2D eigenvalue weighted by molar-refractivity contribution is -0.132. The lowest BCUT2D eigenvalue weighted by Crippen LogP contribution is -2.13. The van der Waals surface area contributed by atoms with Crippen molar-refractivity contribution in [3.63, 3.8) is 0 Å². The van der Waals surface area contributed by atoms with E-state index in [1.807, 2.05) is 13.2 Å². The Hall–Kier alpha value is -0.263. The van der Waals surface area contributed by atoms with Crippen LogP contribution in [0.4, 0.5) is 0 Å². The lowest BCUT2D eigenvalue weighted by atomic mass is 10.1. The molecule has 0 rings (SSSR count). The molecular formula is C8H16O3SSi. The normalized spacial score (nSPS) is 13.4. The van der Waals surface area contributed by atoms with Gasteiger partial charge in [-0.2, -0.15) is 0 Å². The minimum atomic E-state index is -0.893. The second-order valence-electron chi connectivity index (χ2n) is 2.77. The van der Waals surface area contributed by atoms with Crippen LogP contribution in [0.15, 0.2) is 12.2 Å². The van der Waals surface area contributed by atoms with Crippen molar-refractivity contribution in [2.45, 2.75) is 25.3 Å². The third-order valence-electron chi connectivity index (χ3n) is 1.79. The number of hydrogen-bond donors (Lipinski definition) is 1. The standard InChI is InChI=1S/C8H16O3SSi/c1-4-5-7(13-11-12-3)6(2)8(9)10/h7H,2,4-5,13H2,1,3H3,(H,9,10). The summed E-state index contributed by atoms with van der Waals surface area (Å²) in [6.45, 7) is 5.61. The van der Waals surface area contributed by atoms with E-state index >= 15 is 0 Å². The zero-order chi connectivity index (χ0) is 10.3. The monoisotopic (exact) mass is 220 g/mol. The van der Waals surface area contributed by atoms with Crippen LogP contribution in [0, 0.1) is 0 Å². The van der Waals surface area contributed by atoms with Crippen LogP contribution in [0.5, 0.6) is 0 Å². The van der Waals surface area contributed by atoms with Gasteiger partial charge in [0.15, 0.2) is 9.76 Å². The van der Waals surface area contributed by atoms with Crippen LogP contribution in [0.1, 0.15) is 19.8 Å². The molecule has 0 aliphatic carbocycles. The number of carboxylic acid groups (broad SMARTS) is 1. The summed E-state index contributed by atoms with van der Waals surface area (Å²) in [5, 5.41) is 8.74. The second kappa shape index (κ2) is 7.17. The van der Waals surface area contributed by atoms with E-state index in [9.17, 15) is 4.79 Å². The Morgan fingerprint density at radius 2 is 2.38 bits per heavy atom. The summed E-state index contributed by atoms with van der Waals surface area (Å²) in [5.74, 6) is -0.893. The highest BCUT2D eigenvalue weighted by Crippen LogP contribution is 2.22. The van der Waals surface area contributed by atoms with Crippen LogP contribution in [-0.2, 0) is 8.67 Å². The minimum absolute atomic E-state index is 0.0787. The van der Waals surface area contributed by atoms with Gasteiger partial charge in [-0.05, 0) is 18.5 Å². The molecule has 0 aliphatic rings. The van der Waals surface area contributed by atoms with Crippen molar-refractivity contribution in [2.75, 3.05) is 6.26 Å². The third-order valence-corrected chi connectivity index (χ3v) is 4.58. The van der Waals surface area contributed by atoms with Gasteiger partial charge in [0, 0.05) is 17.4 Å². The van der Waals surface area contributed by atoms with Crippen molar-refractivity contribution >= 4 is 27.8 Å². The van der Waals surface area contributed by atoms with Crippen LogP contribution >= 0.6 is 12.0 Å². The molecule has 0 saturated carbocycles. The number of aliphatic carboxylic acids is 1. The summed E-state index contributed by atoms with van der Waals surface area (Å²) in [6, 6.07) is 0. The third kappa shape index (κ3) is 5.12. The van der Waals surface area contributed by atoms with Crippen LogP contribution in [0.2, 0.25) is 5.54 Å². The molecule has 0 spiro atoms. The summed E-state index contributed by atoms with van der Waals surface area (Å²) in [7, 11) is -0.793. The molecule has 0 aliphatic heterocycles. The Bertz CT molecular complexity index is 184. The molecule has 3 nitrogen and oxygen atoms in total. The van der Waals surface area contributed by atoms with Crippen LogP contribution in [-0.4, -0.2) is 27.1 Å². The van der Waals surface area contributed by atoms with E-state index < -0.39 is 15.7 Å². The predicted molar refractivity (Wildman–Crippen MR) is 58.6 cm³/mol. The predicted octanol–water partition coefficient (Wildman–Crippen LogP) is 1.59. The van der Waals surface area contributed by atoms with E-state index in [0.29, 0.717) is 5.57 Å². The smallest absolute Gasteiger partial charge is 0.331 e. The topological polar surface area (TPSA) is 46.5 Å². The maximum atomic E-state index is 10.6. The fraction of sp³-hybridized carbons (Fsp3) is 0.625. The average Bonchev–Trinajstić information content (AvgIpc) is 2.11. The Balaban J connectivity index is 4.06. The van der Waals surface area contributed by atoms with Crippen molar-refractivity contribution in [3.8, 4) is 0 Å². The van der Waals surface area contributed by atoms with Crippen LogP contribution < -0.4 is 0 Å². The summed E-state index contributed by atoms with van der Waals surface area (Å²) >= 11 is 1.31. The molecule has 1 atom stereocenters. The van der Waals surface area contributed by atoms with Gasteiger partial charge < -0.3 is 8.98 Å². The molecule has 1 unspecified atom stereocenters. The van der Waals surface area contributed by atoms with Gasteiger partial charge in [0.25, 0.3) is 0 Å². The molecule has 0 amide bonds. The summed E-state index contributed by atoms with van der Waals surface area (Å²) in [4.78, 5) is 10.6. The first-order chi connectivity index (χ1) is 6.13. The van der Waals surface area contributed by atoms with E-state index in [2.05, 4.69) is 6.58 Å². The minimum Gasteiger partial charge on any atom is -0.478 e. The number of carboxylic acids is 1. The van der Waals surface area contributed by atoms with Gasteiger partial charge in [-0.1, -0.05) is 19.9 Å². The van der Waals surface area contributed by atoms with Crippen LogP contribution in [0.3, 0.4) is 0 Å². The highest BCUT2D eigenvalue weighted by atomic mass is 32.2. The molecular weight excluding hydrogens is 204 g/mol. The number of hydrogen-bond acceptors (Lipinski definition) is 3. The summed E-state index contributed by atoms with van der Waals surface area (Å²) < 4.78 is 5.25. The first kappa shape index (κ1) is 12.7. The average molecular weight is 220 g/mol. The van der Waals surface area contributed by atoms with Crippen molar-refractivity contribution < 1.29 is 13.8 Å². The van der Waals surface area contributed by atoms with Crippen molar-refractivity contribution in [1.82, 2.24) is 0 Å². The molecule has 0 radical (unpaired) electrons. The molecule has 13 heavy (non-hydrogen) atoms. The van der Waals surface area contributed by atoms with E-state index in [1.165, 1.54) is 12.0 Å². The van der Waals surface area contributed by atoms with Gasteiger partial charge >= 0.3 is 5.97 Å². The molecule has 76 valence electrons. The quantitative estimate of drug-likeness (QED) is 0.402. The molecule has 0 fully saturated rings.